The van der Waals surface area contributed by atoms with Gasteiger partial charge in [0.05, 0.1) is 12.1 Å². The Morgan fingerprint density at radius 2 is 2.05 bits per heavy atom. The third kappa shape index (κ3) is 2.69. The lowest BCUT2D eigenvalue weighted by Gasteiger charge is -2.04. The van der Waals surface area contributed by atoms with Gasteiger partial charge in [0.25, 0.3) is 5.56 Å². The summed E-state index contributed by atoms with van der Waals surface area (Å²) in [5.41, 5.74) is 1.84. The minimum Gasteiger partial charge on any atom is -0.308 e. The molecule has 0 radical (unpaired) electrons. The minimum absolute atomic E-state index is 0.0688. The monoisotopic (exact) mass is 272 g/mol. The van der Waals surface area contributed by atoms with Gasteiger partial charge < -0.3 is 10.3 Å². The Labute approximate surface area is 113 Å². The number of H-pyrrole nitrogens is 1. The van der Waals surface area contributed by atoms with Gasteiger partial charge in [0.1, 0.15) is 10.5 Å². The Balaban J connectivity index is 1.70. The van der Waals surface area contributed by atoms with Crippen LogP contribution in [0.5, 0.6) is 0 Å². The number of thiophene rings is 1. The van der Waals surface area contributed by atoms with Crippen LogP contribution in [0.2, 0.25) is 0 Å². The van der Waals surface area contributed by atoms with E-state index < -0.39 is 0 Å². The molecule has 3 aromatic heterocycles. The van der Waals surface area contributed by atoms with E-state index in [9.17, 15) is 4.79 Å². The molecule has 3 aromatic rings. The molecule has 0 bridgehead atoms. The van der Waals surface area contributed by atoms with Crippen LogP contribution in [0.3, 0.4) is 0 Å². The predicted octanol–water partition coefficient (Wildman–Crippen LogP) is 1.67. The van der Waals surface area contributed by atoms with Gasteiger partial charge in [-0.3, -0.25) is 9.78 Å². The Kier molecular flexibility index (Phi) is 3.35. The molecule has 0 saturated heterocycles. The standard InChI is InChI=1S/C13H12N4OS/c18-13-12-10(3-6-19-12)16-11(17-13)8-15-7-9-1-4-14-5-2-9/h1-6,15H,7-8H2,(H,16,17,18). The topological polar surface area (TPSA) is 70.7 Å². The number of aromatic nitrogens is 3. The van der Waals surface area contributed by atoms with E-state index in [1.165, 1.54) is 11.3 Å². The molecule has 0 saturated carbocycles. The summed E-state index contributed by atoms with van der Waals surface area (Å²) in [5.74, 6) is 0.657. The van der Waals surface area contributed by atoms with Crippen LogP contribution in [-0.2, 0) is 13.1 Å². The summed E-state index contributed by atoms with van der Waals surface area (Å²) < 4.78 is 0.679. The van der Waals surface area contributed by atoms with Gasteiger partial charge in [-0.1, -0.05) is 0 Å². The van der Waals surface area contributed by atoms with Crippen LogP contribution in [0.25, 0.3) is 10.2 Å². The number of hydrogen-bond acceptors (Lipinski definition) is 5. The van der Waals surface area contributed by atoms with Crippen molar-refractivity contribution in [1.82, 2.24) is 20.3 Å². The number of aromatic amines is 1. The molecule has 2 N–H and O–H groups in total. The fraction of sp³-hybridized carbons (Fsp3) is 0.154. The molecule has 0 atom stereocenters. The van der Waals surface area contributed by atoms with Crippen molar-refractivity contribution >= 4 is 21.6 Å². The largest absolute Gasteiger partial charge is 0.308 e. The van der Waals surface area contributed by atoms with Gasteiger partial charge in [0.15, 0.2) is 0 Å². The molecular formula is C13H12N4OS. The first kappa shape index (κ1) is 12.0. The summed E-state index contributed by atoms with van der Waals surface area (Å²) in [7, 11) is 0. The molecule has 0 amide bonds. The average Bonchev–Trinajstić information content (AvgIpc) is 2.89. The SMILES string of the molecule is O=c1[nH]c(CNCc2ccncc2)nc2ccsc12. The first-order valence-electron chi connectivity index (χ1n) is 5.89. The zero-order chi connectivity index (χ0) is 13.1. The highest BCUT2D eigenvalue weighted by Gasteiger charge is 2.04. The summed E-state index contributed by atoms with van der Waals surface area (Å²) in [6.07, 6.45) is 3.52. The Bertz CT molecular complexity index is 735. The van der Waals surface area contributed by atoms with E-state index in [0.29, 0.717) is 23.6 Å². The number of fused-ring (bicyclic) bond motifs is 1. The van der Waals surface area contributed by atoms with E-state index in [0.717, 1.165) is 11.1 Å². The maximum Gasteiger partial charge on any atom is 0.268 e. The summed E-state index contributed by atoms with van der Waals surface area (Å²) in [6.45, 7) is 1.25. The maximum absolute atomic E-state index is 11.8. The maximum atomic E-state index is 11.8. The van der Waals surface area contributed by atoms with E-state index in [4.69, 9.17) is 0 Å². The van der Waals surface area contributed by atoms with Crippen molar-refractivity contribution in [2.45, 2.75) is 13.1 Å². The number of hydrogen-bond donors (Lipinski definition) is 2. The lowest BCUT2D eigenvalue weighted by molar-refractivity contribution is 0.663. The van der Waals surface area contributed by atoms with E-state index in [1.54, 1.807) is 12.4 Å². The minimum atomic E-state index is -0.0688. The molecular weight excluding hydrogens is 260 g/mol. The summed E-state index contributed by atoms with van der Waals surface area (Å²) in [6, 6.07) is 5.76. The predicted molar refractivity (Wildman–Crippen MR) is 75.0 cm³/mol. The van der Waals surface area contributed by atoms with Gasteiger partial charge >= 0.3 is 0 Å². The molecule has 0 unspecified atom stereocenters. The quantitative estimate of drug-likeness (QED) is 0.758. The zero-order valence-electron chi connectivity index (χ0n) is 10.1. The first-order chi connectivity index (χ1) is 9.33. The average molecular weight is 272 g/mol. The molecule has 5 nitrogen and oxygen atoms in total. The van der Waals surface area contributed by atoms with E-state index in [-0.39, 0.29) is 5.56 Å². The summed E-state index contributed by atoms with van der Waals surface area (Å²) in [5, 5.41) is 5.12. The Hall–Kier alpha value is -2.05. The van der Waals surface area contributed by atoms with Crippen LogP contribution in [0.4, 0.5) is 0 Å². The van der Waals surface area contributed by atoms with E-state index in [2.05, 4.69) is 20.3 Å². The number of nitrogens with one attached hydrogen (secondary N) is 2. The molecule has 3 heterocycles. The number of pyridine rings is 1. The van der Waals surface area contributed by atoms with Gasteiger partial charge in [-0.15, -0.1) is 11.3 Å². The van der Waals surface area contributed by atoms with Gasteiger partial charge in [-0.2, -0.15) is 0 Å². The third-order valence-corrected chi connectivity index (χ3v) is 3.64. The molecule has 0 fully saturated rings. The fourth-order valence-corrected chi connectivity index (χ4v) is 2.56. The smallest absolute Gasteiger partial charge is 0.268 e. The highest BCUT2D eigenvalue weighted by molar-refractivity contribution is 7.17. The lowest BCUT2D eigenvalue weighted by atomic mass is 10.3. The van der Waals surface area contributed by atoms with Crippen LogP contribution >= 0.6 is 11.3 Å². The lowest BCUT2D eigenvalue weighted by Crippen LogP contribution is -2.18. The van der Waals surface area contributed by atoms with Crippen molar-refractivity contribution in [3.8, 4) is 0 Å². The molecule has 0 aromatic carbocycles. The van der Waals surface area contributed by atoms with Crippen molar-refractivity contribution in [1.29, 1.82) is 0 Å². The molecule has 0 spiro atoms. The second-order valence-electron chi connectivity index (χ2n) is 4.11. The number of nitrogens with zero attached hydrogens (tertiary/aromatic N) is 2. The number of rotatable bonds is 4. The Morgan fingerprint density at radius 1 is 1.21 bits per heavy atom. The third-order valence-electron chi connectivity index (χ3n) is 2.73. The van der Waals surface area contributed by atoms with Crippen molar-refractivity contribution in [2.24, 2.45) is 0 Å². The van der Waals surface area contributed by atoms with Crippen LogP contribution in [0, 0.1) is 0 Å². The fourth-order valence-electron chi connectivity index (χ4n) is 1.83. The molecule has 96 valence electrons. The second kappa shape index (κ2) is 5.29. The van der Waals surface area contributed by atoms with E-state index in [1.807, 2.05) is 23.6 Å². The zero-order valence-corrected chi connectivity index (χ0v) is 10.9. The van der Waals surface area contributed by atoms with Crippen molar-refractivity contribution < 1.29 is 0 Å². The summed E-state index contributed by atoms with van der Waals surface area (Å²) in [4.78, 5) is 22.9. The second-order valence-corrected chi connectivity index (χ2v) is 5.02. The molecule has 3 rings (SSSR count). The molecule has 0 aliphatic heterocycles. The van der Waals surface area contributed by atoms with Crippen LogP contribution in [-0.4, -0.2) is 15.0 Å². The van der Waals surface area contributed by atoms with Crippen molar-refractivity contribution in [3.05, 3.63) is 57.7 Å². The molecule has 6 heteroatoms. The Morgan fingerprint density at radius 3 is 2.89 bits per heavy atom. The summed E-state index contributed by atoms with van der Waals surface area (Å²) >= 11 is 1.41. The van der Waals surface area contributed by atoms with Gasteiger partial charge in [0.2, 0.25) is 0 Å². The molecule has 19 heavy (non-hydrogen) atoms. The van der Waals surface area contributed by atoms with E-state index >= 15 is 0 Å². The molecule has 0 aliphatic carbocycles. The highest BCUT2D eigenvalue weighted by atomic mass is 32.1. The normalized spacial score (nSPS) is 10.9. The van der Waals surface area contributed by atoms with Gasteiger partial charge in [-0.05, 0) is 29.1 Å². The first-order valence-corrected chi connectivity index (χ1v) is 6.77. The highest BCUT2D eigenvalue weighted by Crippen LogP contribution is 2.13. The van der Waals surface area contributed by atoms with Crippen molar-refractivity contribution in [2.75, 3.05) is 0 Å². The van der Waals surface area contributed by atoms with Crippen LogP contribution in [0.1, 0.15) is 11.4 Å². The van der Waals surface area contributed by atoms with Crippen molar-refractivity contribution in [3.63, 3.8) is 0 Å². The van der Waals surface area contributed by atoms with Gasteiger partial charge in [-0.25, -0.2) is 4.98 Å². The van der Waals surface area contributed by atoms with Crippen LogP contribution in [0.15, 0.2) is 40.8 Å². The van der Waals surface area contributed by atoms with Gasteiger partial charge in [0, 0.05) is 18.9 Å². The van der Waals surface area contributed by atoms with Crippen LogP contribution < -0.4 is 10.9 Å². The molecule has 0 aliphatic rings.